The summed E-state index contributed by atoms with van der Waals surface area (Å²) in [6, 6.07) is 5.97. The number of ether oxygens (including phenoxy) is 1. The Balaban J connectivity index is 2.26. The van der Waals surface area contributed by atoms with Crippen LogP contribution in [0.1, 0.15) is 12.6 Å². The molecule has 0 bridgehead atoms. The molecule has 3 nitrogen and oxygen atoms in total. The van der Waals surface area contributed by atoms with E-state index in [0.29, 0.717) is 6.61 Å². The first-order valence-corrected chi connectivity index (χ1v) is 4.41. The molecule has 0 radical (unpaired) electrons. The molecule has 0 saturated carbocycles. The van der Waals surface area contributed by atoms with Crippen molar-refractivity contribution in [3.05, 3.63) is 30.1 Å². The largest absolute Gasteiger partial charge is 0.375 e. The summed E-state index contributed by atoms with van der Waals surface area (Å²) in [6.07, 6.45) is 1.89. The minimum atomic E-state index is 0.595. The van der Waals surface area contributed by atoms with E-state index in [-0.39, 0.29) is 0 Å². The number of pyridine rings is 1. The first-order chi connectivity index (χ1) is 6.40. The summed E-state index contributed by atoms with van der Waals surface area (Å²) in [5, 5.41) is 0. The third-order valence-electron chi connectivity index (χ3n) is 1.92. The lowest BCUT2D eigenvalue weighted by molar-refractivity contribution is 0.131. The standard InChI is InChI=1S/C10H12N2O/c1-2-13-7-8-3-4-9-10(12-8)5-6-11-9/h3-6,11H,2,7H2,1H3. The second-order valence-corrected chi connectivity index (χ2v) is 2.85. The highest BCUT2D eigenvalue weighted by atomic mass is 16.5. The molecule has 2 aromatic rings. The normalized spacial score (nSPS) is 10.8. The first kappa shape index (κ1) is 8.26. The molecule has 0 aliphatic heterocycles. The molecule has 0 fully saturated rings. The number of nitrogens with zero attached hydrogens (tertiary/aromatic N) is 1. The Hall–Kier alpha value is -1.35. The second kappa shape index (κ2) is 3.58. The monoisotopic (exact) mass is 176 g/mol. The fraction of sp³-hybridized carbons (Fsp3) is 0.300. The Morgan fingerprint density at radius 2 is 2.31 bits per heavy atom. The van der Waals surface area contributed by atoms with Gasteiger partial charge in [-0.15, -0.1) is 0 Å². The molecule has 2 heterocycles. The molecular weight excluding hydrogens is 164 g/mol. The van der Waals surface area contributed by atoms with Gasteiger partial charge in [-0.05, 0) is 25.1 Å². The zero-order chi connectivity index (χ0) is 9.10. The quantitative estimate of drug-likeness (QED) is 0.777. The number of H-pyrrole nitrogens is 1. The van der Waals surface area contributed by atoms with Gasteiger partial charge in [-0.3, -0.25) is 0 Å². The molecule has 0 aliphatic carbocycles. The van der Waals surface area contributed by atoms with E-state index >= 15 is 0 Å². The molecule has 68 valence electrons. The Labute approximate surface area is 76.8 Å². The van der Waals surface area contributed by atoms with Crippen LogP contribution in [0.5, 0.6) is 0 Å². The first-order valence-electron chi connectivity index (χ1n) is 4.41. The second-order valence-electron chi connectivity index (χ2n) is 2.85. The summed E-state index contributed by atoms with van der Waals surface area (Å²) in [5.41, 5.74) is 3.05. The van der Waals surface area contributed by atoms with Crippen LogP contribution < -0.4 is 0 Å². The minimum absolute atomic E-state index is 0.595. The van der Waals surface area contributed by atoms with E-state index in [4.69, 9.17) is 4.74 Å². The van der Waals surface area contributed by atoms with Crippen LogP contribution >= 0.6 is 0 Å². The van der Waals surface area contributed by atoms with Gasteiger partial charge in [0.25, 0.3) is 0 Å². The predicted molar refractivity (Wildman–Crippen MR) is 51.4 cm³/mol. The van der Waals surface area contributed by atoms with Crippen molar-refractivity contribution in [2.24, 2.45) is 0 Å². The zero-order valence-electron chi connectivity index (χ0n) is 7.58. The van der Waals surface area contributed by atoms with Crippen LogP contribution in [0.25, 0.3) is 11.0 Å². The fourth-order valence-electron chi connectivity index (χ4n) is 1.26. The average Bonchev–Trinajstić information content (AvgIpc) is 2.61. The fourth-order valence-corrected chi connectivity index (χ4v) is 1.26. The van der Waals surface area contributed by atoms with Crippen LogP contribution in [0.3, 0.4) is 0 Å². The molecule has 0 spiro atoms. The molecule has 2 rings (SSSR count). The molecular formula is C10H12N2O. The maximum atomic E-state index is 5.27. The van der Waals surface area contributed by atoms with Gasteiger partial charge in [-0.25, -0.2) is 4.98 Å². The van der Waals surface area contributed by atoms with Crippen molar-refractivity contribution < 1.29 is 4.74 Å². The summed E-state index contributed by atoms with van der Waals surface area (Å²) < 4.78 is 5.27. The van der Waals surface area contributed by atoms with Gasteiger partial charge < -0.3 is 9.72 Å². The summed E-state index contributed by atoms with van der Waals surface area (Å²) in [4.78, 5) is 7.52. The highest BCUT2D eigenvalue weighted by Gasteiger charge is 1.97. The predicted octanol–water partition coefficient (Wildman–Crippen LogP) is 2.10. The molecule has 13 heavy (non-hydrogen) atoms. The number of rotatable bonds is 3. The van der Waals surface area contributed by atoms with Gasteiger partial charge >= 0.3 is 0 Å². The van der Waals surface area contributed by atoms with Crippen molar-refractivity contribution in [1.29, 1.82) is 0 Å². The number of hydrogen-bond donors (Lipinski definition) is 1. The lowest BCUT2D eigenvalue weighted by atomic mass is 10.3. The van der Waals surface area contributed by atoms with E-state index in [0.717, 1.165) is 23.3 Å². The highest BCUT2D eigenvalue weighted by molar-refractivity contribution is 5.74. The van der Waals surface area contributed by atoms with E-state index in [1.165, 1.54) is 0 Å². The summed E-state index contributed by atoms with van der Waals surface area (Å²) in [6.45, 7) is 3.30. The maximum absolute atomic E-state index is 5.27. The Kier molecular flexibility index (Phi) is 2.27. The van der Waals surface area contributed by atoms with Gasteiger partial charge in [-0.1, -0.05) is 0 Å². The van der Waals surface area contributed by atoms with E-state index < -0.39 is 0 Å². The Bertz CT molecular complexity index is 394. The zero-order valence-corrected chi connectivity index (χ0v) is 7.58. The van der Waals surface area contributed by atoms with Crippen LogP contribution in [-0.2, 0) is 11.3 Å². The summed E-state index contributed by atoms with van der Waals surface area (Å²) in [7, 11) is 0. The number of nitrogens with one attached hydrogen (secondary N) is 1. The average molecular weight is 176 g/mol. The van der Waals surface area contributed by atoms with Crippen LogP contribution in [-0.4, -0.2) is 16.6 Å². The van der Waals surface area contributed by atoms with Gasteiger partial charge in [0, 0.05) is 12.8 Å². The summed E-state index contributed by atoms with van der Waals surface area (Å²) >= 11 is 0. The lowest BCUT2D eigenvalue weighted by Crippen LogP contribution is -1.94. The smallest absolute Gasteiger partial charge is 0.0887 e. The van der Waals surface area contributed by atoms with Crippen molar-refractivity contribution in [2.45, 2.75) is 13.5 Å². The van der Waals surface area contributed by atoms with Crippen molar-refractivity contribution in [2.75, 3.05) is 6.61 Å². The summed E-state index contributed by atoms with van der Waals surface area (Å²) in [5.74, 6) is 0. The minimum Gasteiger partial charge on any atom is -0.375 e. The van der Waals surface area contributed by atoms with Crippen LogP contribution in [0.15, 0.2) is 24.4 Å². The molecule has 0 amide bonds. The third kappa shape index (κ3) is 1.70. The Morgan fingerprint density at radius 1 is 1.38 bits per heavy atom. The molecule has 3 heteroatoms. The van der Waals surface area contributed by atoms with Crippen LogP contribution in [0.2, 0.25) is 0 Å². The SMILES string of the molecule is CCOCc1ccc2[nH]ccc2n1. The van der Waals surface area contributed by atoms with Crippen molar-refractivity contribution in [3.63, 3.8) is 0 Å². The van der Waals surface area contributed by atoms with Gasteiger partial charge in [0.2, 0.25) is 0 Å². The van der Waals surface area contributed by atoms with E-state index in [2.05, 4.69) is 9.97 Å². The van der Waals surface area contributed by atoms with E-state index in [1.807, 2.05) is 31.3 Å². The number of fused-ring (bicyclic) bond motifs is 1. The Morgan fingerprint density at radius 3 is 3.15 bits per heavy atom. The third-order valence-corrected chi connectivity index (χ3v) is 1.92. The number of hydrogen-bond acceptors (Lipinski definition) is 2. The van der Waals surface area contributed by atoms with Crippen molar-refractivity contribution >= 4 is 11.0 Å². The van der Waals surface area contributed by atoms with Gasteiger partial charge in [0.1, 0.15) is 0 Å². The molecule has 1 N–H and O–H groups in total. The number of aromatic nitrogens is 2. The van der Waals surface area contributed by atoms with Crippen LogP contribution in [0, 0.1) is 0 Å². The molecule has 0 unspecified atom stereocenters. The van der Waals surface area contributed by atoms with E-state index in [9.17, 15) is 0 Å². The maximum Gasteiger partial charge on any atom is 0.0887 e. The van der Waals surface area contributed by atoms with Gasteiger partial charge in [-0.2, -0.15) is 0 Å². The van der Waals surface area contributed by atoms with Crippen molar-refractivity contribution in [1.82, 2.24) is 9.97 Å². The highest BCUT2D eigenvalue weighted by Crippen LogP contribution is 2.10. The van der Waals surface area contributed by atoms with E-state index in [1.54, 1.807) is 0 Å². The molecule has 2 aromatic heterocycles. The topological polar surface area (TPSA) is 37.9 Å². The van der Waals surface area contributed by atoms with Gasteiger partial charge in [0.05, 0.1) is 23.3 Å². The molecule has 0 aliphatic rings. The lowest BCUT2D eigenvalue weighted by Gasteiger charge is -2.00. The van der Waals surface area contributed by atoms with Gasteiger partial charge in [0.15, 0.2) is 0 Å². The molecule has 0 aromatic carbocycles. The molecule has 0 saturated heterocycles. The van der Waals surface area contributed by atoms with Crippen LogP contribution in [0.4, 0.5) is 0 Å². The molecule has 0 atom stereocenters. The number of aromatic amines is 1. The van der Waals surface area contributed by atoms with Crippen molar-refractivity contribution in [3.8, 4) is 0 Å².